The summed E-state index contributed by atoms with van der Waals surface area (Å²) in [5, 5.41) is 4.46. The number of morpholine rings is 1. The number of ether oxygens (including phenoxy) is 1. The Morgan fingerprint density at radius 2 is 2.19 bits per heavy atom. The Morgan fingerprint density at radius 3 is 2.90 bits per heavy atom. The van der Waals surface area contributed by atoms with Gasteiger partial charge in [0.15, 0.2) is 0 Å². The van der Waals surface area contributed by atoms with E-state index < -0.39 is 0 Å². The van der Waals surface area contributed by atoms with Crippen molar-refractivity contribution < 1.29 is 4.74 Å². The third-order valence-electron chi connectivity index (χ3n) is 4.49. The van der Waals surface area contributed by atoms with Crippen molar-refractivity contribution in [1.29, 1.82) is 0 Å². The van der Waals surface area contributed by atoms with E-state index in [1.807, 2.05) is 6.07 Å². The molecule has 2 aliphatic rings. The molecule has 1 saturated heterocycles. The molecule has 2 fully saturated rings. The largest absolute Gasteiger partial charge is 0.375 e. The topological polar surface area (TPSA) is 24.5 Å². The van der Waals surface area contributed by atoms with E-state index >= 15 is 0 Å². The van der Waals surface area contributed by atoms with Crippen LogP contribution in [0.3, 0.4) is 0 Å². The van der Waals surface area contributed by atoms with Gasteiger partial charge in [-0.05, 0) is 38.3 Å². The normalized spacial score (nSPS) is 26.1. The minimum Gasteiger partial charge on any atom is -0.375 e. The average Bonchev–Trinajstić information content (AvgIpc) is 3.30. The third kappa shape index (κ3) is 3.53. The molecule has 1 heterocycles. The van der Waals surface area contributed by atoms with Gasteiger partial charge >= 0.3 is 0 Å². The second-order valence-electron chi connectivity index (χ2n) is 6.25. The Hall–Kier alpha value is -0.770. The molecule has 0 aromatic heterocycles. The molecule has 2 unspecified atom stereocenters. The summed E-state index contributed by atoms with van der Waals surface area (Å²) in [7, 11) is 0. The molecule has 21 heavy (non-hydrogen) atoms. The molecule has 2 atom stereocenters. The van der Waals surface area contributed by atoms with E-state index in [-0.39, 0.29) is 6.10 Å². The van der Waals surface area contributed by atoms with Gasteiger partial charge in [-0.2, -0.15) is 0 Å². The summed E-state index contributed by atoms with van der Waals surface area (Å²) in [6.07, 6.45) is 3.96. The Kier molecular flexibility index (Phi) is 4.72. The maximum absolute atomic E-state index is 6.48. The van der Waals surface area contributed by atoms with Gasteiger partial charge in [0.05, 0.1) is 18.8 Å². The summed E-state index contributed by atoms with van der Waals surface area (Å²) in [6, 6.07) is 7.40. The van der Waals surface area contributed by atoms with E-state index in [9.17, 15) is 0 Å². The maximum atomic E-state index is 6.48. The molecule has 116 valence electrons. The van der Waals surface area contributed by atoms with Crippen molar-refractivity contribution >= 4 is 17.3 Å². The highest BCUT2D eigenvalue weighted by molar-refractivity contribution is 6.31. The van der Waals surface area contributed by atoms with Gasteiger partial charge in [0, 0.05) is 35.4 Å². The standard InChI is InChI=1S/C17H25ClN2O/c1-3-14-11-21-12(2)10-20(14)17-6-4-5-16(18)15(17)9-19-13-7-8-13/h4-6,12-14,19H,3,7-11H2,1-2H3. The molecule has 1 saturated carbocycles. The van der Waals surface area contributed by atoms with Crippen molar-refractivity contribution in [2.75, 3.05) is 18.1 Å². The van der Waals surface area contributed by atoms with Crippen molar-refractivity contribution in [1.82, 2.24) is 5.32 Å². The van der Waals surface area contributed by atoms with Crippen molar-refractivity contribution in [2.45, 2.75) is 57.8 Å². The van der Waals surface area contributed by atoms with Crippen molar-refractivity contribution in [3.63, 3.8) is 0 Å². The fourth-order valence-corrected chi connectivity index (χ4v) is 3.24. The first-order chi connectivity index (χ1) is 10.2. The van der Waals surface area contributed by atoms with Crippen LogP contribution >= 0.6 is 11.6 Å². The number of hydrogen-bond donors (Lipinski definition) is 1. The molecule has 1 N–H and O–H groups in total. The third-order valence-corrected chi connectivity index (χ3v) is 4.84. The number of nitrogens with zero attached hydrogens (tertiary/aromatic N) is 1. The summed E-state index contributed by atoms with van der Waals surface area (Å²) in [4.78, 5) is 2.49. The zero-order chi connectivity index (χ0) is 14.8. The zero-order valence-electron chi connectivity index (χ0n) is 12.9. The first kappa shape index (κ1) is 15.1. The van der Waals surface area contributed by atoms with Crippen LogP contribution in [0, 0.1) is 0 Å². The molecular formula is C17H25ClN2O. The van der Waals surface area contributed by atoms with E-state index in [1.165, 1.54) is 24.1 Å². The summed E-state index contributed by atoms with van der Waals surface area (Å²) in [5.41, 5.74) is 2.51. The predicted molar refractivity (Wildman–Crippen MR) is 88.2 cm³/mol. The van der Waals surface area contributed by atoms with Crippen LogP contribution in [0.4, 0.5) is 5.69 Å². The van der Waals surface area contributed by atoms with Crippen LogP contribution in [0.25, 0.3) is 0 Å². The van der Waals surface area contributed by atoms with Crippen LogP contribution in [0.5, 0.6) is 0 Å². The Bertz CT molecular complexity index is 490. The fraction of sp³-hybridized carbons (Fsp3) is 0.647. The molecule has 3 nitrogen and oxygen atoms in total. The van der Waals surface area contributed by atoms with Gasteiger partial charge in [-0.3, -0.25) is 0 Å². The summed E-state index contributed by atoms with van der Waals surface area (Å²) >= 11 is 6.48. The van der Waals surface area contributed by atoms with E-state index in [4.69, 9.17) is 16.3 Å². The predicted octanol–water partition coefficient (Wildman–Crippen LogP) is 3.60. The van der Waals surface area contributed by atoms with Gasteiger partial charge in [-0.25, -0.2) is 0 Å². The molecule has 0 amide bonds. The summed E-state index contributed by atoms with van der Waals surface area (Å²) in [6.45, 7) is 6.98. The lowest BCUT2D eigenvalue weighted by Gasteiger charge is -2.41. The number of rotatable bonds is 5. The molecule has 0 spiro atoms. The van der Waals surface area contributed by atoms with Gasteiger partial charge in [0.25, 0.3) is 0 Å². The fourth-order valence-electron chi connectivity index (χ4n) is 3.00. The van der Waals surface area contributed by atoms with E-state index in [0.717, 1.165) is 31.1 Å². The first-order valence-corrected chi connectivity index (χ1v) is 8.45. The molecule has 4 heteroatoms. The van der Waals surface area contributed by atoms with Gasteiger partial charge in [0.2, 0.25) is 0 Å². The molecule has 1 aromatic rings. The minimum absolute atomic E-state index is 0.274. The van der Waals surface area contributed by atoms with Crippen molar-refractivity contribution in [3.8, 4) is 0 Å². The highest BCUT2D eigenvalue weighted by atomic mass is 35.5. The number of nitrogens with one attached hydrogen (secondary N) is 1. The highest BCUT2D eigenvalue weighted by Gasteiger charge is 2.28. The number of hydrogen-bond acceptors (Lipinski definition) is 3. The highest BCUT2D eigenvalue weighted by Crippen LogP contribution is 2.32. The zero-order valence-corrected chi connectivity index (χ0v) is 13.7. The first-order valence-electron chi connectivity index (χ1n) is 8.08. The van der Waals surface area contributed by atoms with Crippen LogP contribution < -0.4 is 10.2 Å². The van der Waals surface area contributed by atoms with Crippen LogP contribution in [0.1, 0.15) is 38.7 Å². The lowest BCUT2D eigenvalue weighted by atomic mass is 10.1. The Labute approximate surface area is 132 Å². The number of benzene rings is 1. The van der Waals surface area contributed by atoms with Gasteiger partial charge in [0.1, 0.15) is 0 Å². The maximum Gasteiger partial charge on any atom is 0.0723 e. The van der Waals surface area contributed by atoms with Crippen LogP contribution in [0.2, 0.25) is 5.02 Å². The van der Waals surface area contributed by atoms with Gasteiger partial charge in [-0.1, -0.05) is 24.6 Å². The number of halogens is 1. The molecule has 0 radical (unpaired) electrons. The summed E-state index contributed by atoms with van der Waals surface area (Å²) in [5.74, 6) is 0. The van der Waals surface area contributed by atoms with Crippen LogP contribution in [-0.4, -0.2) is 31.3 Å². The molecule has 1 aliphatic carbocycles. The lowest BCUT2D eigenvalue weighted by molar-refractivity contribution is 0.0299. The van der Waals surface area contributed by atoms with Crippen LogP contribution in [0.15, 0.2) is 18.2 Å². The Morgan fingerprint density at radius 1 is 1.38 bits per heavy atom. The van der Waals surface area contributed by atoms with Gasteiger partial charge < -0.3 is 15.0 Å². The lowest BCUT2D eigenvalue weighted by Crippen LogP contribution is -2.49. The molecule has 0 bridgehead atoms. The monoisotopic (exact) mass is 308 g/mol. The van der Waals surface area contributed by atoms with Crippen molar-refractivity contribution in [3.05, 3.63) is 28.8 Å². The smallest absolute Gasteiger partial charge is 0.0723 e. The van der Waals surface area contributed by atoms with Crippen molar-refractivity contribution in [2.24, 2.45) is 0 Å². The molecule has 1 aliphatic heterocycles. The molecule has 3 rings (SSSR count). The van der Waals surface area contributed by atoms with E-state index in [1.54, 1.807) is 0 Å². The quantitative estimate of drug-likeness (QED) is 0.899. The van der Waals surface area contributed by atoms with E-state index in [0.29, 0.717) is 12.1 Å². The average molecular weight is 309 g/mol. The SMILES string of the molecule is CCC1COC(C)CN1c1cccc(Cl)c1CNC1CC1. The number of anilines is 1. The Balaban J connectivity index is 1.85. The van der Waals surface area contributed by atoms with Crippen LogP contribution in [-0.2, 0) is 11.3 Å². The molecule has 1 aromatic carbocycles. The second-order valence-corrected chi connectivity index (χ2v) is 6.66. The second kappa shape index (κ2) is 6.55. The minimum atomic E-state index is 0.274. The van der Waals surface area contributed by atoms with E-state index in [2.05, 4.69) is 36.2 Å². The molecular weight excluding hydrogens is 284 g/mol. The summed E-state index contributed by atoms with van der Waals surface area (Å²) < 4.78 is 5.82. The van der Waals surface area contributed by atoms with Gasteiger partial charge in [-0.15, -0.1) is 0 Å².